The third kappa shape index (κ3) is 3.35. The van der Waals surface area contributed by atoms with Crippen molar-refractivity contribution in [1.82, 2.24) is 5.32 Å². The molecule has 1 rings (SSSR count). The molecule has 0 bridgehead atoms. The Labute approximate surface area is 109 Å². The summed E-state index contributed by atoms with van der Waals surface area (Å²) in [5.74, 6) is 1.46. The van der Waals surface area contributed by atoms with Crippen molar-refractivity contribution in [2.45, 2.75) is 46.7 Å². The maximum Gasteiger partial charge on any atom is 0.309 e. The Hall–Kier alpha value is -1.29. The Balaban J connectivity index is 2.67. The molecule has 0 fully saturated rings. The quantitative estimate of drug-likeness (QED) is 0.820. The van der Waals surface area contributed by atoms with E-state index in [2.05, 4.69) is 12.2 Å². The van der Waals surface area contributed by atoms with Crippen LogP contribution in [0, 0.1) is 19.8 Å². The number of carbonyl (C=O) groups is 1. The van der Waals surface area contributed by atoms with Crippen molar-refractivity contribution in [2.24, 2.45) is 5.92 Å². The molecule has 0 radical (unpaired) electrons. The van der Waals surface area contributed by atoms with E-state index in [0.29, 0.717) is 0 Å². The summed E-state index contributed by atoms with van der Waals surface area (Å²) in [4.78, 5) is 11.5. The zero-order valence-electron chi connectivity index (χ0n) is 12.0. The minimum atomic E-state index is -0.192. The molecule has 0 saturated heterocycles. The van der Waals surface area contributed by atoms with Crippen LogP contribution < -0.4 is 5.32 Å². The molecule has 0 aromatic carbocycles. The van der Waals surface area contributed by atoms with E-state index in [0.717, 1.165) is 17.1 Å². The molecule has 0 saturated carbocycles. The number of methoxy groups -OCH3 is 1. The topological polar surface area (TPSA) is 51.5 Å². The summed E-state index contributed by atoms with van der Waals surface area (Å²) in [5.41, 5.74) is 1.14. The first-order valence-electron chi connectivity index (χ1n) is 6.27. The number of hydrogen-bond donors (Lipinski definition) is 1. The molecule has 0 aliphatic rings. The van der Waals surface area contributed by atoms with E-state index in [4.69, 9.17) is 9.15 Å². The van der Waals surface area contributed by atoms with Crippen molar-refractivity contribution in [1.29, 1.82) is 0 Å². The highest BCUT2D eigenvalue weighted by atomic mass is 16.5. The van der Waals surface area contributed by atoms with Crippen LogP contribution in [-0.2, 0) is 9.53 Å². The van der Waals surface area contributed by atoms with Crippen LogP contribution in [0.25, 0.3) is 0 Å². The van der Waals surface area contributed by atoms with Crippen molar-refractivity contribution in [3.8, 4) is 0 Å². The van der Waals surface area contributed by atoms with Gasteiger partial charge in [-0.05, 0) is 33.8 Å². The van der Waals surface area contributed by atoms with Gasteiger partial charge in [0, 0.05) is 17.6 Å². The molecule has 3 atom stereocenters. The second-order valence-electron chi connectivity index (χ2n) is 4.86. The van der Waals surface area contributed by atoms with E-state index in [1.165, 1.54) is 7.11 Å². The fourth-order valence-electron chi connectivity index (χ4n) is 2.10. The smallest absolute Gasteiger partial charge is 0.309 e. The highest BCUT2D eigenvalue weighted by Crippen LogP contribution is 2.22. The average molecular weight is 253 g/mol. The van der Waals surface area contributed by atoms with Crippen molar-refractivity contribution in [3.63, 3.8) is 0 Å². The van der Waals surface area contributed by atoms with Gasteiger partial charge < -0.3 is 14.5 Å². The minimum absolute atomic E-state index is 0.0436. The van der Waals surface area contributed by atoms with Crippen molar-refractivity contribution in [2.75, 3.05) is 7.11 Å². The van der Waals surface area contributed by atoms with E-state index < -0.39 is 0 Å². The molecular formula is C14H23NO3. The van der Waals surface area contributed by atoms with E-state index in [1.807, 2.05) is 33.8 Å². The Kier molecular flexibility index (Phi) is 4.96. The van der Waals surface area contributed by atoms with E-state index in [9.17, 15) is 4.79 Å². The molecule has 1 aromatic rings. The number of rotatable bonds is 5. The third-order valence-electron chi connectivity index (χ3n) is 3.38. The normalized spacial score (nSPS) is 16.1. The summed E-state index contributed by atoms with van der Waals surface area (Å²) < 4.78 is 10.3. The van der Waals surface area contributed by atoms with Gasteiger partial charge >= 0.3 is 5.97 Å². The first kappa shape index (κ1) is 14.8. The Morgan fingerprint density at radius 2 is 1.94 bits per heavy atom. The first-order valence-corrected chi connectivity index (χ1v) is 6.27. The molecule has 102 valence electrons. The van der Waals surface area contributed by atoms with Gasteiger partial charge in [0.25, 0.3) is 0 Å². The zero-order valence-corrected chi connectivity index (χ0v) is 12.0. The van der Waals surface area contributed by atoms with Crippen LogP contribution in [-0.4, -0.2) is 19.1 Å². The largest absolute Gasteiger partial charge is 0.469 e. The predicted octanol–water partition coefficient (Wildman–Crippen LogP) is 2.74. The molecule has 18 heavy (non-hydrogen) atoms. The second kappa shape index (κ2) is 6.05. The lowest BCUT2D eigenvalue weighted by atomic mass is 10.0. The van der Waals surface area contributed by atoms with Gasteiger partial charge in [0.15, 0.2) is 0 Å². The SMILES string of the molecule is COC(=O)C(C)C(C)NC(C)c1cc(C)oc1C. The highest BCUT2D eigenvalue weighted by Gasteiger charge is 2.23. The van der Waals surface area contributed by atoms with Crippen LogP contribution in [0.4, 0.5) is 0 Å². The van der Waals surface area contributed by atoms with Crippen LogP contribution in [0.3, 0.4) is 0 Å². The van der Waals surface area contributed by atoms with Gasteiger partial charge in [-0.25, -0.2) is 0 Å². The van der Waals surface area contributed by atoms with Gasteiger partial charge in [0.1, 0.15) is 11.5 Å². The Morgan fingerprint density at radius 1 is 1.33 bits per heavy atom. The van der Waals surface area contributed by atoms with Crippen LogP contribution >= 0.6 is 0 Å². The number of furan rings is 1. The molecule has 4 heteroatoms. The lowest BCUT2D eigenvalue weighted by Crippen LogP contribution is -2.38. The van der Waals surface area contributed by atoms with Crippen LogP contribution in [0.1, 0.15) is 43.9 Å². The average Bonchev–Trinajstić information content (AvgIpc) is 2.66. The van der Waals surface area contributed by atoms with Gasteiger partial charge in [-0.3, -0.25) is 4.79 Å². The lowest BCUT2D eigenvalue weighted by molar-refractivity contribution is -0.145. The number of carbonyl (C=O) groups excluding carboxylic acids is 1. The molecule has 0 amide bonds. The summed E-state index contributed by atoms with van der Waals surface area (Å²) >= 11 is 0. The van der Waals surface area contributed by atoms with Gasteiger partial charge in [-0.1, -0.05) is 6.92 Å². The molecule has 1 aromatic heterocycles. The monoisotopic (exact) mass is 253 g/mol. The van der Waals surface area contributed by atoms with Crippen LogP contribution in [0.5, 0.6) is 0 Å². The van der Waals surface area contributed by atoms with Crippen molar-refractivity contribution in [3.05, 3.63) is 23.2 Å². The molecule has 0 spiro atoms. The van der Waals surface area contributed by atoms with Gasteiger partial charge in [-0.2, -0.15) is 0 Å². The Bertz CT molecular complexity index is 411. The van der Waals surface area contributed by atoms with Crippen molar-refractivity contribution < 1.29 is 13.9 Å². The van der Waals surface area contributed by atoms with Gasteiger partial charge in [0.2, 0.25) is 0 Å². The molecule has 0 aliphatic heterocycles. The van der Waals surface area contributed by atoms with Crippen LogP contribution in [0.2, 0.25) is 0 Å². The number of hydrogen-bond acceptors (Lipinski definition) is 4. The van der Waals surface area contributed by atoms with Crippen molar-refractivity contribution >= 4 is 5.97 Å². The van der Waals surface area contributed by atoms with Crippen LogP contribution in [0.15, 0.2) is 10.5 Å². The maximum atomic E-state index is 11.5. The Morgan fingerprint density at radius 3 is 2.39 bits per heavy atom. The summed E-state index contributed by atoms with van der Waals surface area (Å²) in [6.45, 7) is 9.81. The molecule has 1 heterocycles. The molecular weight excluding hydrogens is 230 g/mol. The lowest BCUT2D eigenvalue weighted by Gasteiger charge is -2.23. The van der Waals surface area contributed by atoms with E-state index >= 15 is 0 Å². The number of aryl methyl sites for hydroxylation is 2. The summed E-state index contributed by atoms with van der Waals surface area (Å²) in [5, 5.41) is 3.40. The summed E-state index contributed by atoms with van der Waals surface area (Å²) in [6, 6.07) is 2.22. The fraction of sp³-hybridized carbons (Fsp3) is 0.643. The van der Waals surface area contributed by atoms with E-state index in [-0.39, 0.29) is 24.0 Å². The summed E-state index contributed by atoms with van der Waals surface area (Å²) in [7, 11) is 1.42. The van der Waals surface area contributed by atoms with E-state index in [1.54, 1.807) is 0 Å². The minimum Gasteiger partial charge on any atom is -0.469 e. The zero-order chi connectivity index (χ0) is 13.9. The first-order chi connectivity index (χ1) is 8.36. The summed E-state index contributed by atoms with van der Waals surface area (Å²) in [6.07, 6.45) is 0. The molecule has 4 nitrogen and oxygen atoms in total. The van der Waals surface area contributed by atoms with Gasteiger partial charge in [0.05, 0.1) is 13.0 Å². The number of ether oxygens (including phenoxy) is 1. The maximum absolute atomic E-state index is 11.5. The third-order valence-corrected chi connectivity index (χ3v) is 3.38. The molecule has 1 N–H and O–H groups in total. The second-order valence-corrected chi connectivity index (χ2v) is 4.86. The standard InChI is InChI=1S/C14H23NO3/c1-8-7-13(12(5)18-8)11(4)15-10(3)9(2)14(16)17-6/h7,9-11,15H,1-6H3. The molecule has 3 unspecified atom stereocenters. The fourth-order valence-corrected chi connectivity index (χ4v) is 2.10. The highest BCUT2D eigenvalue weighted by molar-refractivity contribution is 5.72. The predicted molar refractivity (Wildman–Crippen MR) is 70.4 cm³/mol. The molecule has 0 aliphatic carbocycles. The number of nitrogens with one attached hydrogen (secondary N) is 1. The van der Waals surface area contributed by atoms with Gasteiger partial charge in [-0.15, -0.1) is 0 Å². The number of esters is 1.